The number of hydrogen-bond donors (Lipinski definition) is 0. The van der Waals surface area contributed by atoms with Crippen LogP contribution >= 0.6 is 11.3 Å². The topological polar surface area (TPSA) is 38.1 Å². The van der Waals surface area contributed by atoms with E-state index in [9.17, 15) is 4.79 Å². The molecule has 2 aliphatic heterocycles. The van der Waals surface area contributed by atoms with Crippen molar-refractivity contribution in [3.63, 3.8) is 0 Å². The first-order chi connectivity index (χ1) is 10.8. The molecule has 114 valence electrons. The fraction of sp³-hybridized carbons (Fsp3) is 0.412. The van der Waals surface area contributed by atoms with E-state index < -0.39 is 0 Å². The molecule has 0 unspecified atom stereocenters. The predicted molar refractivity (Wildman–Crippen MR) is 88.0 cm³/mol. The molecule has 0 atom stereocenters. The molecule has 1 amide bonds. The molecular weight excluding hydrogens is 294 g/mol. The molecule has 0 aliphatic carbocycles. The third-order valence-corrected chi connectivity index (χ3v) is 5.49. The SMILES string of the molecule is O=C(c1cnn2c1CCCC2)N1CC=C(c2cccs2)CC1. The number of aryl methyl sites for hydroxylation is 1. The summed E-state index contributed by atoms with van der Waals surface area (Å²) in [6.07, 6.45) is 8.21. The molecule has 5 heteroatoms. The van der Waals surface area contributed by atoms with E-state index in [1.54, 1.807) is 17.5 Å². The van der Waals surface area contributed by atoms with Gasteiger partial charge in [0.15, 0.2) is 0 Å². The molecule has 0 fully saturated rings. The van der Waals surface area contributed by atoms with Gasteiger partial charge >= 0.3 is 0 Å². The lowest BCUT2D eigenvalue weighted by Gasteiger charge is -2.26. The van der Waals surface area contributed by atoms with Crippen LogP contribution in [0.15, 0.2) is 29.8 Å². The molecule has 4 heterocycles. The Morgan fingerprint density at radius 3 is 2.95 bits per heavy atom. The quantitative estimate of drug-likeness (QED) is 0.854. The van der Waals surface area contributed by atoms with Gasteiger partial charge < -0.3 is 4.90 Å². The number of nitrogens with zero attached hydrogens (tertiary/aromatic N) is 3. The van der Waals surface area contributed by atoms with Crippen molar-refractivity contribution in [2.75, 3.05) is 13.1 Å². The van der Waals surface area contributed by atoms with Crippen LogP contribution in [-0.4, -0.2) is 33.7 Å². The van der Waals surface area contributed by atoms with Gasteiger partial charge in [-0.05, 0) is 42.7 Å². The highest BCUT2D eigenvalue weighted by atomic mass is 32.1. The average molecular weight is 313 g/mol. The Bertz CT molecular complexity index is 714. The van der Waals surface area contributed by atoms with Crippen molar-refractivity contribution in [1.29, 1.82) is 0 Å². The Balaban J connectivity index is 1.52. The molecule has 0 radical (unpaired) electrons. The van der Waals surface area contributed by atoms with E-state index in [0.29, 0.717) is 6.54 Å². The van der Waals surface area contributed by atoms with Crippen molar-refractivity contribution in [3.8, 4) is 0 Å². The van der Waals surface area contributed by atoms with Gasteiger partial charge in [0, 0.05) is 24.5 Å². The number of fused-ring (bicyclic) bond motifs is 1. The van der Waals surface area contributed by atoms with Gasteiger partial charge in [-0.25, -0.2) is 0 Å². The number of thiophene rings is 1. The van der Waals surface area contributed by atoms with Gasteiger partial charge in [0.25, 0.3) is 5.91 Å². The lowest BCUT2D eigenvalue weighted by Crippen LogP contribution is -2.35. The summed E-state index contributed by atoms with van der Waals surface area (Å²) in [5.74, 6) is 0.143. The fourth-order valence-electron chi connectivity index (χ4n) is 3.31. The molecule has 4 rings (SSSR count). The largest absolute Gasteiger partial charge is 0.334 e. The first kappa shape index (κ1) is 13.8. The Hall–Kier alpha value is -1.88. The minimum absolute atomic E-state index is 0.143. The second kappa shape index (κ2) is 5.72. The van der Waals surface area contributed by atoms with Crippen LogP contribution < -0.4 is 0 Å². The third kappa shape index (κ3) is 2.39. The minimum Gasteiger partial charge on any atom is -0.334 e. The lowest BCUT2D eigenvalue weighted by molar-refractivity contribution is 0.0771. The van der Waals surface area contributed by atoms with Gasteiger partial charge in [-0.3, -0.25) is 9.48 Å². The number of carbonyl (C=O) groups is 1. The molecule has 0 N–H and O–H groups in total. The van der Waals surface area contributed by atoms with Gasteiger partial charge in [-0.1, -0.05) is 12.1 Å². The van der Waals surface area contributed by atoms with E-state index >= 15 is 0 Å². The van der Waals surface area contributed by atoms with Crippen LogP contribution in [0.25, 0.3) is 5.57 Å². The van der Waals surface area contributed by atoms with E-state index in [4.69, 9.17) is 0 Å². The standard InChI is InChI=1S/C17H19N3OS/c21-17(14-12-18-20-8-2-1-4-15(14)20)19-9-6-13(7-10-19)16-5-3-11-22-16/h3,5-6,11-12H,1-2,4,7-10H2. The third-order valence-electron chi connectivity index (χ3n) is 4.55. The Morgan fingerprint density at radius 2 is 2.18 bits per heavy atom. The van der Waals surface area contributed by atoms with Crippen LogP contribution in [0, 0.1) is 0 Å². The number of carbonyl (C=O) groups excluding carboxylic acids is 1. The molecule has 2 aromatic heterocycles. The van der Waals surface area contributed by atoms with E-state index in [2.05, 4.69) is 28.7 Å². The monoisotopic (exact) mass is 313 g/mol. The summed E-state index contributed by atoms with van der Waals surface area (Å²) in [5, 5.41) is 6.49. The summed E-state index contributed by atoms with van der Waals surface area (Å²) >= 11 is 1.77. The maximum Gasteiger partial charge on any atom is 0.257 e. The molecule has 0 saturated carbocycles. The maximum atomic E-state index is 12.8. The molecule has 2 aliphatic rings. The lowest BCUT2D eigenvalue weighted by atomic mass is 10.0. The van der Waals surface area contributed by atoms with E-state index in [0.717, 1.165) is 43.6 Å². The van der Waals surface area contributed by atoms with Crippen LogP contribution in [0.4, 0.5) is 0 Å². The summed E-state index contributed by atoms with van der Waals surface area (Å²) in [5.41, 5.74) is 3.31. The zero-order chi connectivity index (χ0) is 14.9. The number of aromatic nitrogens is 2. The van der Waals surface area contributed by atoms with Gasteiger partial charge in [0.1, 0.15) is 0 Å². The van der Waals surface area contributed by atoms with Gasteiger partial charge in [-0.15, -0.1) is 11.3 Å². The molecule has 0 aromatic carbocycles. The molecular formula is C17H19N3OS. The van der Waals surface area contributed by atoms with Crippen LogP contribution in [0.2, 0.25) is 0 Å². The highest BCUT2D eigenvalue weighted by Gasteiger charge is 2.25. The zero-order valence-corrected chi connectivity index (χ0v) is 13.3. The smallest absolute Gasteiger partial charge is 0.257 e. The average Bonchev–Trinajstić information content (AvgIpc) is 3.24. The molecule has 0 bridgehead atoms. The van der Waals surface area contributed by atoms with Crippen molar-refractivity contribution in [2.24, 2.45) is 0 Å². The van der Waals surface area contributed by atoms with Crippen molar-refractivity contribution in [3.05, 3.63) is 45.9 Å². The maximum absolute atomic E-state index is 12.8. The summed E-state index contributed by atoms with van der Waals surface area (Å²) in [6.45, 7) is 2.45. The van der Waals surface area contributed by atoms with E-state index in [-0.39, 0.29) is 5.91 Å². The molecule has 0 saturated heterocycles. The summed E-state index contributed by atoms with van der Waals surface area (Å²) in [4.78, 5) is 16.0. The normalized spacial score (nSPS) is 18.0. The van der Waals surface area contributed by atoms with Gasteiger partial charge in [0.05, 0.1) is 17.5 Å². The highest BCUT2D eigenvalue weighted by molar-refractivity contribution is 7.11. The molecule has 0 spiro atoms. The first-order valence-electron chi connectivity index (χ1n) is 7.90. The fourth-order valence-corrected chi connectivity index (χ4v) is 4.11. The molecule has 22 heavy (non-hydrogen) atoms. The highest BCUT2D eigenvalue weighted by Crippen LogP contribution is 2.27. The van der Waals surface area contributed by atoms with Crippen LogP contribution in [0.5, 0.6) is 0 Å². The summed E-state index contributed by atoms with van der Waals surface area (Å²) < 4.78 is 2.01. The Morgan fingerprint density at radius 1 is 1.23 bits per heavy atom. The van der Waals surface area contributed by atoms with Crippen LogP contribution in [-0.2, 0) is 13.0 Å². The van der Waals surface area contributed by atoms with Gasteiger partial charge in [-0.2, -0.15) is 5.10 Å². The Kier molecular flexibility index (Phi) is 3.58. The first-order valence-corrected chi connectivity index (χ1v) is 8.78. The zero-order valence-electron chi connectivity index (χ0n) is 12.5. The number of amides is 1. The van der Waals surface area contributed by atoms with Crippen LogP contribution in [0.1, 0.15) is 40.2 Å². The second-order valence-corrected chi connectivity index (χ2v) is 6.84. The predicted octanol–water partition coefficient (Wildman–Crippen LogP) is 3.21. The summed E-state index contributed by atoms with van der Waals surface area (Å²) in [6, 6.07) is 4.24. The van der Waals surface area contributed by atoms with Crippen molar-refractivity contribution >= 4 is 22.8 Å². The Labute approximate surface area is 134 Å². The van der Waals surface area contributed by atoms with E-state index in [1.807, 2.05) is 9.58 Å². The number of rotatable bonds is 2. The van der Waals surface area contributed by atoms with Crippen molar-refractivity contribution in [1.82, 2.24) is 14.7 Å². The summed E-state index contributed by atoms with van der Waals surface area (Å²) in [7, 11) is 0. The van der Waals surface area contributed by atoms with Crippen molar-refractivity contribution < 1.29 is 4.79 Å². The molecule has 4 nitrogen and oxygen atoms in total. The van der Waals surface area contributed by atoms with E-state index in [1.165, 1.54) is 16.9 Å². The van der Waals surface area contributed by atoms with Gasteiger partial charge in [0.2, 0.25) is 0 Å². The van der Waals surface area contributed by atoms with Crippen molar-refractivity contribution in [2.45, 2.75) is 32.2 Å². The molecule has 2 aromatic rings. The number of hydrogen-bond acceptors (Lipinski definition) is 3. The minimum atomic E-state index is 0.143. The van der Waals surface area contributed by atoms with Crippen LogP contribution in [0.3, 0.4) is 0 Å². The second-order valence-electron chi connectivity index (χ2n) is 5.89.